The van der Waals surface area contributed by atoms with E-state index in [2.05, 4.69) is 43.2 Å². The van der Waals surface area contributed by atoms with Crippen molar-refractivity contribution >= 4 is 5.91 Å². The normalized spacial score (nSPS) is 18.2. The van der Waals surface area contributed by atoms with Crippen LogP contribution in [0.1, 0.15) is 40.5 Å². The maximum absolute atomic E-state index is 11.9. The second-order valence-electron chi connectivity index (χ2n) is 6.59. The SMILES string of the molecule is CC(C)CC(CNC(=O)CCNC(C)C)N1CCOCC1. The average molecular weight is 299 g/mol. The topological polar surface area (TPSA) is 53.6 Å². The fourth-order valence-electron chi connectivity index (χ4n) is 2.64. The second-order valence-corrected chi connectivity index (χ2v) is 6.59. The fraction of sp³-hybridized carbons (Fsp3) is 0.938. The average Bonchev–Trinajstić information content (AvgIpc) is 2.43. The van der Waals surface area contributed by atoms with Gasteiger partial charge in [-0.3, -0.25) is 9.69 Å². The molecule has 1 saturated heterocycles. The van der Waals surface area contributed by atoms with Crippen LogP contribution in [0.5, 0.6) is 0 Å². The predicted molar refractivity (Wildman–Crippen MR) is 86.4 cm³/mol. The summed E-state index contributed by atoms with van der Waals surface area (Å²) >= 11 is 0. The van der Waals surface area contributed by atoms with Gasteiger partial charge in [-0.05, 0) is 12.3 Å². The van der Waals surface area contributed by atoms with Crippen molar-refractivity contribution in [3.63, 3.8) is 0 Å². The van der Waals surface area contributed by atoms with Crippen molar-refractivity contribution < 1.29 is 9.53 Å². The van der Waals surface area contributed by atoms with Crippen LogP contribution < -0.4 is 10.6 Å². The molecular weight excluding hydrogens is 266 g/mol. The summed E-state index contributed by atoms with van der Waals surface area (Å²) in [5.41, 5.74) is 0. The zero-order valence-corrected chi connectivity index (χ0v) is 14.2. The van der Waals surface area contributed by atoms with E-state index in [4.69, 9.17) is 4.74 Å². The zero-order valence-electron chi connectivity index (χ0n) is 14.2. The minimum Gasteiger partial charge on any atom is -0.379 e. The molecule has 1 aliphatic rings. The number of hydrogen-bond acceptors (Lipinski definition) is 4. The number of rotatable bonds is 9. The van der Waals surface area contributed by atoms with E-state index in [0.29, 0.717) is 24.4 Å². The molecule has 1 fully saturated rings. The summed E-state index contributed by atoms with van der Waals surface area (Å²) in [4.78, 5) is 14.4. The van der Waals surface area contributed by atoms with Crippen LogP contribution in [0.4, 0.5) is 0 Å². The van der Waals surface area contributed by atoms with Gasteiger partial charge < -0.3 is 15.4 Å². The van der Waals surface area contributed by atoms with E-state index in [1.807, 2.05) is 0 Å². The Morgan fingerprint density at radius 2 is 1.86 bits per heavy atom. The molecule has 5 nitrogen and oxygen atoms in total. The van der Waals surface area contributed by atoms with Crippen molar-refractivity contribution in [3.8, 4) is 0 Å². The van der Waals surface area contributed by atoms with E-state index in [1.54, 1.807) is 0 Å². The third-order valence-electron chi connectivity index (χ3n) is 3.75. The molecule has 0 aromatic carbocycles. The molecule has 1 amide bonds. The van der Waals surface area contributed by atoms with Gasteiger partial charge in [-0.25, -0.2) is 0 Å². The van der Waals surface area contributed by atoms with Gasteiger partial charge >= 0.3 is 0 Å². The summed E-state index contributed by atoms with van der Waals surface area (Å²) < 4.78 is 5.42. The van der Waals surface area contributed by atoms with Gasteiger partial charge in [0.2, 0.25) is 5.91 Å². The van der Waals surface area contributed by atoms with Crippen LogP contribution in [-0.2, 0) is 9.53 Å². The van der Waals surface area contributed by atoms with E-state index in [1.165, 1.54) is 0 Å². The highest BCUT2D eigenvalue weighted by molar-refractivity contribution is 5.76. The van der Waals surface area contributed by atoms with Crippen molar-refractivity contribution in [1.82, 2.24) is 15.5 Å². The number of hydrogen-bond donors (Lipinski definition) is 2. The molecule has 1 atom stereocenters. The summed E-state index contributed by atoms with van der Waals surface area (Å²) in [6.45, 7) is 13.7. The molecule has 0 aromatic rings. The standard InChI is InChI=1S/C16H33N3O2/c1-13(2)11-15(19-7-9-21-10-8-19)12-18-16(20)5-6-17-14(3)4/h13-15,17H,5-12H2,1-4H3,(H,18,20). The molecular formula is C16H33N3O2. The lowest BCUT2D eigenvalue weighted by molar-refractivity contribution is -0.121. The molecule has 0 radical (unpaired) electrons. The van der Waals surface area contributed by atoms with Crippen molar-refractivity contribution in [2.24, 2.45) is 5.92 Å². The first-order valence-corrected chi connectivity index (χ1v) is 8.31. The molecule has 1 aliphatic heterocycles. The van der Waals surface area contributed by atoms with Gasteiger partial charge in [-0.2, -0.15) is 0 Å². The Balaban J connectivity index is 2.32. The molecule has 5 heteroatoms. The Morgan fingerprint density at radius 3 is 2.43 bits per heavy atom. The van der Waals surface area contributed by atoms with Gasteiger partial charge in [0, 0.05) is 44.7 Å². The lowest BCUT2D eigenvalue weighted by Gasteiger charge is -2.35. The van der Waals surface area contributed by atoms with Crippen molar-refractivity contribution in [2.45, 2.75) is 52.6 Å². The molecule has 0 aromatic heterocycles. The van der Waals surface area contributed by atoms with Gasteiger partial charge in [0.05, 0.1) is 13.2 Å². The zero-order chi connectivity index (χ0) is 15.7. The minimum atomic E-state index is 0.144. The van der Waals surface area contributed by atoms with E-state index in [0.717, 1.165) is 45.8 Å². The number of nitrogens with zero attached hydrogens (tertiary/aromatic N) is 1. The molecule has 0 saturated carbocycles. The Labute approximate surface area is 129 Å². The Kier molecular flexibility index (Phi) is 8.88. The monoisotopic (exact) mass is 299 g/mol. The highest BCUT2D eigenvalue weighted by Gasteiger charge is 2.22. The van der Waals surface area contributed by atoms with E-state index in [9.17, 15) is 4.79 Å². The molecule has 1 rings (SSSR count). The summed E-state index contributed by atoms with van der Waals surface area (Å²) in [6.07, 6.45) is 1.67. The van der Waals surface area contributed by atoms with Crippen LogP contribution in [0.2, 0.25) is 0 Å². The summed E-state index contributed by atoms with van der Waals surface area (Å²) in [7, 11) is 0. The number of carbonyl (C=O) groups excluding carboxylic acids is 1. The number of amides is 1. The maximum Gasteiger partial charge on any atom is 0.221 e. The van der Waals surface area contributed by atoms with Crippen molar-refractivity contribution in [3.05, 3.63) is 0 Å². The van der Waals surface area contributed by atoms with Crippen LogP contribution >= 0.6 is 0 Å². The van der Waals surface area contributed by atoms with Gasteiger partial charge in [0.25, 0.3) is 0 Å². The largest absolute Gasteiger partial charge is 0.379 e. The number of ether oxygens (including phenoxy) is 1. The highest BCUT2D eigenvalue weighted by Crippen LogP contribution is 2.13. The Morgan fingerprint density at radius 1 is 1.19 bits per heavy atom. The van der Waals surface area contributed by atoms with Crippen LogP contribution in [0.15, 0.2) is 0 Å². The molecule has 21 heavy (non-hydrogen) atoms. The number of nitrogens with one attached hydrogen (secondary N) is 2. The first kappa shape index (κ1) is 18.4. The fourth-order valence-corrected chi connectivity index (χ4v) is 2.64. The van der Waals surface area contributed by atoms with Crippen LogP contribution in [0, 0.1) is 5.92 Å². The smallest absolute Gasteiger partial charge is 0.221 e. The van der Waals surface area contributed by atoms with E-state index < -0.39 is 0 Å². The van der Waals surface area contributed by atoms with E-state index in [-0.39, 0.29) is 5.91 Å². The van der Waals surface area contributed by atoms with Crippen molar-refractivity contribution in [2.75, 3.05) is 39.4 Å². The number of carbonyl (C=O) groups is 1. The lowest BCUT2D eigenvalue weighted by Crippen LogP contribution is -2.49. The molecule has 0 aliphatic carbocycles. The Bertz CT molecular complexity index is 289. The summed E-state index contributed by atoms with van der Waals surface area (Å²) in [5, 5.41) is 6.37. The van der Waals surface area contributed by atoms with Crippen LogP contribution in [-0.4, -0.2) is 62.3 Å². The molecule has 0 bridgehead atoms. The van der Waals surface area contributed by atoms with Crippen molar-refractivity contribution in [1.29, 1.82) is 0 Å². The first-order chi connectivity index (χ1) is 9.99. The Hall–Kier alpha value is -0.650. The lowest BCUT2D eigenvalue weighted by atomic mass is 10.0. The maximum atomic E-state index is 11.9. The van der Waals surface area contributed by atoms with Gasteiger partial charge in [0.15, 0.2) is 0 Å². The molecule has 0 spiro atoms. The molecule has 1 heterocycles. The van der Waals surface area contributed by atoms with Crippen LogP contribution in [0.3, 0.4) is 0 Å². The predicted octanol–water partition coefficient (Wildman–Crippen LogP) is 1.24. The summed E-state index contributed by atoms with van der Waals surface area (Å²) in [5.74, 6) is 0.780. The first-order valence-electron chi connectivity index (χ1n) is 8.31. The third kappa shape index (κ3) is 8.39. The molecule has 1 unspecified atom stereocenters. The number of morpholine rings is 1. The molecule has 2 N–H and O–H groups in total. The van der Waals surface area contributed by atoms with Gasteiger partial charge in [-0.1, -0.05) is 27.7 Å². The van der Waals surface area contributed by atoms with Crippen LogP contribution in [0.25, 0.3) is 0 Å². The molecule has 124 valence electrons. The van der Waals surface area contributed by atoms with E-state index >= 15 is 0 Å². The quantitative estimate of drug-likeness (QED) is 0.672. The third-order valence-corrected chi connectivity index (χ3v) is 3.75. The minimum absolute atomic E-state index is 0.144. The summed E-state index contributed by atoms with van der Waals surface area (Å²) in [6, 6.07) is 0.857. The van der Waals surface area contributed by atoms with Gasteiger partial charge in [0.1, 0.15) is 0 Å². The highest BCUT2D eigenvalue weighted by atomic mass is 16.5. The van der Waals surface area contributed by atoms with Gasteiger partial charge in [-0.15, -0.1) is 0 Å². The second kappa shape index (κ2) is 10.1.